The van der Waals surface area contributed by atoms with E-state index >= 15 is 0 Å². The largest absolute Gasteiger partial charge is 0.364 e. The summed E-state index contributed by atoms with van der Waals surface area (Å²) in [7, 11) is 1.80. The monoisotopic (exact) mass is 390 g/mol. The zero-order valence-electron chi connectivity index (χ0n) is 16.2. The van der Waals surface area contributed by atoms with Gasteiger partial charge in [0.05, 0.1) is 11.7 Å². The zero-order chi connectivity index (χ0) is 20.1. The number of rotatable bonds is 3. The van der Waals surface area contributed by atoms with E-state index in [0.29, 0.717) is 24.4 Å². The van der Waals surface area contributed by atoms with Gasteiger partial charge in [0, 0.05) is 37.8 Å². The predicted octanol–water partition coefficient (Wildman–Crippen LogP) is 1.61. The van der Waals surface area contributed by atoms with Crippen molar-refractivity contribution in [3.8, 4) is 11.4 Å². The Kier molecular flexibility index (Phi) is 4.01. The zero-order valence-corrected chi connectivity index (χ0v) is 16.2. The number of nitrogens with zero attached hydrogens (tertiary/aromatic N) is 5. The topological polar surface area (TPSA) is 99.0 Å². The molecule has 0 aliphatic carbocycles. The molecule has 2 atom stereocenters. The van der Waals surface area contributed by atoms with E-state index in [9.17, 15) is 9.59 Å². The molecule has 2 bridgehead atoms. The van der Waals surface area contributed by atoms with Crippen molar-refractivity contribution in [2.45, 2.75) is 37.9 Å². The van der Waals surface area contributed by atoms with Gasteiger partial charge in [-0.2, -0.15) is 5.10 Å². The minimum Gasteiger partial charge on any atom is -0.364 e. The summed E-state index contributed by atoms with van der Waals surface area (Å²) < 4.78 is 3.72. The Morgan fingerprint density at radius 1 is 1.10 bits per heavy atom. The van der Waals surface area contributed by atoms with Gasteiger partial charge < -0.3 is 15.2 Å². The van der Waals surface area contributed by atoms with Gasteiger partial charge in [0.2, 0.25) is 0 Å². The number of hydrogen-bond acceptors (Lipinski definition) is 4. The maximum absolute atomic E-state index is 13.2. The van der Waals surface area contributed by atoms with Gasteiger partial charge in [-0.1, -0.05) is 30.3 Å². The first kappa shape index (κ1) is 17.7. The number of imidazole rings is 1. The van der Waals surface area contributed by atoms with Crippen LogP contribution in [-0.4, -0.2) is 48.1 Å². The van der Waals surface area contributed by atoms with E-state index in [1.807, 2.05) is 35.2 Å². The van der Waals surface area contributed by atoms with Gasteiger partial charge in [-0.15, -0.1) is 0 Å². The highest BCUT2D eigenvalue weighted by Gasteiger charge is 2.42. The van der Waals surface area contributed by atoms with Gasteiger partial charge >= 0.3 is 0 Å². The smallest absolute Gasteiger partial charge is 0.274 e. The standard InChI is InChI=1S/C21H22N6O2/c1-25-10-9-16(24-25)21(29)27-14-7-8-15(27)12-26-17(11-14)18(19(22)28)23-20(26)13-5-3-2-4-6-13/h2-6,9-10,14-15H,7-8,11-12H2,1H3,(H2,22,28). The third-order valence-corrected chi connectivity index (χ3v) is 5.95. The molecule has 4 heterocycles. The third-order valence-electron chi connectivity index (χ3n) is 5.95. The number of carbonyl (C=O) groups excluding carboxylic acids is 2. The molecule has 2 unspecified atom stereocenters. The fourth-order valence-corrected chi connectivity index (χ4v) is 4.66. The van der Waals surface area contributed by atoms with Crippen LogP contribution in [0.1, 0.15) is 39.5 Å². The second-order valence-electron chi connectivity index (χ2n) is 7.75. The highest BCUT2D eigenvalue weighted by molar-refractivity contribution is 5.94. The first-order valence-corrected chi connectivity index (χ1v) is 9.80. The van der Waals surface area contributed by atoms with Gasteiger partial charge in [-0.25, -0.2) is 4.98 Å². The average Bonchev–Trinajstić information content (AvgIpc) is 3.37. The number of nitrogens with two attached hydrogens (primary N) is 1. The summed E-state index contributed by atoms with van der Waals surface area (Å²) in [4.78, 5) is 31.9. The molecule has 2 N–H and O–H groups in total. The number of aryl methyl sites for hydroxylation is 1. The number of benzene rings is 1. The molecule has 1 saturated heterocycles. The first-order chi connectivity index (χ1) is 14.0. The lowest BCUT2D eigenvalue weighted by atomic mass is 10.1. The first-order valence-electron chi connectivity index (χ1n) is 9.80. The molecule has 2 aliphatic heterocycles. The second kappa shape index (κ2) is 6.58. The highest BCUT2D eigenvalue weighted by Crippen LogP contribution is 2.36. The van der Waals surface area contributed by atoms with Crippen LogP contribution < -0.4 is 5.73 Å². The van der Waals surface area contributed by atoms with Crippen LogP contribution in [0.2, 0.25) is 0 Å². The Labute approximate surface area is 167 Å². The molecule has 1 aromatic carbocycles. The molecular weight excluding hydrogens is 368 g/mol. The lowest BCUT2D eigenvalue weighted by Crippen LogP contribution is -2.42. The van der Waals surface area contributed by atoms with Crippen LogP contribution >= 0.6 is 0 Å². The number of amides is 2. The van der Waals surface area contributed by atoms with Crippen molar-refractivity contribution in [2.24, 2.45) is 12.8 Å². The van der Waals surface area contributed by atoms with E-state index in [4.69, 9.17) is 5.73 Å². The van der Waals surface area contributed by atoms with E-state index in [1.165, 1.54) is 0 Å². The average molecular weight is 390 g/mol. The second-order valence-corrected chi connectivity index (χ2v) is 7.75. The highest BCUT2D eigenvalue weighted by atomic mass is 16.2. The van der Waals surface area contributed by atoms with Crippen LogP contribution in [0.5, 0.6) is 0 Å². The Balaban J connectivity index is 1.58. The van der Waals surface area contributed by atoms with Gasteiger partial charge in [-0.05, 0) is 18.9 Å². The van der Waals surface area contributed by atoms with Crippen molar-refractivity contribution in [1.82, 2.24) is 24.2 Å². The van der Waals surface area contributed by atoms with E-state index in [0.717, 1.165) is 29.9 Å². The minimum absolute atomic E-state index is 0.00850. The summed E-state index contributed by atoms with van der Waals surface area (Å²) in [6.07, 6.45) is 4.15. The lowest BCUT2D eigenvalue weighted by Gasteiger charge is -2.27. The Morgan fingerprint density at radius 3 is 2.55 bits per heavy atom. The molecule has 0 saturated carbocycles. The van der Waals surface area contributed by atoms with Crippen LogP contribution in [0.25, 0.3) is 11.4 Å². The fourth-order valence-electron chi connectivity index (χ4n) is 4.66. The van der Waals surface area contributed by atoms with Gasteiger partial charge in [0.15, 0.2) is 0 Å². The maximum atomic E-state index is 13.2. The summed E-state index contributed by atoms with van der Waals surface area (Å²) in [5.41, 5.74) is 8.17. The van der Waals surface area contributed by atoms with E-state index in [1.54, 1.807) is 24.0 Å². The van der Waals surface area contributed by atoms with Crippen molar-refractivity contribution >= 4 is 11.8 Å². The molecule has 8 heteroatoms. The Morgan fingerprint density at radius 2 is 1.86 bits per heavy atom. The van der Waals surface area contributed by atoms with Crippen LogP contribution in [0, 0.1) is 0 Å². The normalized spacial score (nSPS) is 20.4. The number of hydrogen-bond donors (Lipinski definition) is 1. The molecule has 5 rings (SSSR count). The molecule has 0 spiro atoms. The lowest BCUT2D eigenvalue weighted by molar-refractivity contribution is 0.0659. The fraction of sp³-hybridized carbons (Fsp3) is 0.333. The quantitative estimate of drug-likeness (QED) is 0.734. The summed E-state index contributed by atoms with van der Waals surface area (Å²) in [6.45, 7) is 0.592. The van der Waals surface area contributed by atoms with Crippen LogP contribution in [0.15, 0.2) is 42.6 Å². The van der Waals surface area contributed by atoms with E-state index in [2.05, 4.69) is 14.6 Å². The van der Waals surface area contributed by atoms with Crippen molar-refractivity contribution in [1.29, 1.82) is 0 Å². The van der Waals surface area contributed by atoms with Crippen molar-refractivity contribution in [3.63, 3.8) is 0 Å². The van der Waals surface area contributed by atoms with Crippen LogP contribution in [-0.2, 0) is 20.0 Å². The van der Waals surface area contributed by atoms with Gasteiger partial charge in [-0.3, -0.25) is 14.3 Å². The molecule has 0 radical (unpaired) electrons. The van der Waals surface area contributed by atoms with E-state index < -0.39 is 5.91 Å². The molecule has 148 valence electrons. The van der Waals surface area contributed by atoms with Crippen LogP contribution in [0.4, 0.5) is 0 Å². The van der Waals surface area contributed by atoms with Gasteiger partial charge in [0.25, 0.3) is 11.8 Å². The SMILES string of the molecule is Cn1ccc(C(=O)N2C3CCC2Cn2c(-c4ccccc4)nc(C(N)=O)c2C3)n1. The molecule has 29 heavy (non-hydrogen) atoms. The van der Waals surface area contributed by atoms with Crippen molar-refractivity contribution in [2.75, 3.05) is 0 Å². The summed E-state index contributed by atoms with van der Waals surface area (Å²) >= 11 is 0. The maximum Gasteiger partial charge on any atom is 0.274 e. The molecule has 1 fully saturated rings. The predicted molar refractivity (Wildman–Crippen MR) is 106 cm³/mol. The number of carbonyl (C=O) groups is 2. The van der Waals surface area contributed by atoms with Crippen LogP contribution in [0.3, 0.4) is 0 Å². The third kappa shape index (κ3) is 2.83. The molecule has 2 aliphatic rings. The molecule has 3 aromatic rings. The number of primary amides is 1. The number of aromatic nitrogens is 4. The summed E-state index contributed by atoms with van der Waals surface area (Å²) in [5, 5.41) is 4.29. The Hall–Kier alpha value is -3.42. The number of fused-ring (bicyclic) bond motifs is 3. The van der Waals surface area contributed by atoms with Gasteiger partial charge in [0.1, 0.15) is 17.2 Å². The van der Waals surface area contributed by atoms with Crippen molar-refractivity contribution in [3.05, 3.63) is 59.7 Å². The molecule has 2 amide bonds. The molecule has 8 nitrogen and oxygen atoms in total. The summed E-state index contributed by atoms with van der Waals surface area (Å²) in [6, 6.07) is 11.6. The van der Waals surface area contributed by atoms with Crippen molar-refractivity contribution < 1.29 is 9.59 Å². The van der Waals surface area contributed by atoms with E-state index in [-0.39, 0.29) is 18.0 Å². The minimum atomic E-state index is -0.531. The molecule has 2 aromatic heterocycles. The summed E-state index contributed by atoms with van der Waals surface area (Å²) in [5.74, 6) is 0.141. The molecular formula is C21H22N6O2. The Bertz CT molecular complexity index is 1100.